The summed E-state index contributed by atoms with van der Waals surface area (Å²) in [6.45, 7) is 5.96. The van der Waals surface area contributed by atoms with E-state index in [1.54, 1.807) is 26.0 Å². The van der Waals surface area contributed by atoms with Crippen LogP contribution < -0.4 is 5.32 Å². The summed E-state index contributed by atoms with van der Waals surface area (Å²) in [6.07, 6.45) is 0.831. The predicted molar refractivity (Wildman–Crippen MR) is 113 cm³/mol. The van der Waals surface area contributed by atoms with Crippen molar-refractivity contribution in [3.05, 3.63) is 41.6 Å². The van der Waals surface area contributed by atoms with E-state index in [-0.39, 0.29) is 5.92 Å². The molecule has 1 aromatic carbocycles. The highest BCUT2D eigenvalue weighted by molar-refractivity contribution is 6.08. The monoisotopic (exact) mass is 431 g/mol. The van der Waals surface area contributed by atoms with E-state index in [2.05, 4.69) is 10.3 Å². The number of ketones is 1. The van der Waals surface area contributed by atoms with Crippen LogP contribution in [0, 0.1) is 5.92 Å². The number of hydrogen-bond acceptors (Lipinski definition) is 4. The standard InChI is InChI=1S/C23H27F2N3O3/c1-13(2)15-6-5-7-17-20(15)16(8-9-26-17)22(31)27-11-19(29)28-12-23(24,25)10-18(28)21(30)14(3)4/h5-9,13-14,18H,10-12H2,1-4H3,(H,27,31). The van der Waals surface area contributed by atoms with Gasteiger partial charge in [0, 0.05) is 23.9 Å². The van der Waals surface area contributed by atoms with Gasteiger partial charge in [-0.3, -0.25) is 19.4 Å². The Morgan fingerprint density at radius 3 is 2.55 bits per heavy atom. The first-order valence-electron chi connectivity index (χ1n) is 10.4. The van der Waals surface area contributed by atoms with Crippen molar-refractivity contribution < 1.29 is 23.2 Å². The molecular formula is C23H27F2N3O3. The number of halogens is 2. The molecule has 8 heteroatoms. The minimum atomic E-state index is -3.12. The Kier molecular flexibility index (Phi) is 6.38. The van der Waals surface area contributed by atoms with Crippen LogP contribution in [0.4, 0.5) is 8.78 Å². The average molecular weight is 431 g/mol. The summed E-state index contributed by atoms with van der Waals surface area (Å²) < 4.78 is 27.9. The molecule has 1 aromatic heterocycles. The maximum atomic E-state index is 13.9. The fourth-order valence-electron chi connectivity index (χ4n) is 3.97. The summed E-state index contributed by atoms with van der Waals surface area (Å²) in [5.74, 6) is -5.04. The molecule has 1 fully saturated rings. The molecule has 1 saturated heterocycles. The topological polar surface area (TPSA) is 79.4 Å². The molecule has 0 spiro atoms. The minimum absolute atomic E-state index is 0.149. The van der Waals surface area contributed by atoms with Crippen molar-refractivity contribution in [3.8, 4) is 0 Å². The van der Waals surface area contributed by atoms with E-state index in [0.29, 0.717) is 16.5 Å². The Hall–Kier alpha value is -2.90. The number of carbonyl (C=O) groups excluding carboxylic acids is 3. The maximum absolute atomic E-state index is 13.9. The van der Waals surface area contributed by atoms with Crippen LogP contribution in [0.1, 0.15) is 56.0 Å². The second-order valence-electron chi connectivity index (χ2n) is 8.59. The van der Waals surface area contributed by atoms with Crippen LogP contribution in [0.25, 0.3) is 10.9 Å². The van der Waals surface area contributed by atoms with Crippen molar-refractivity contribution in [1.29, 1.82) is 0 Å². The van der Waals surface area contributed by atoms with Gasteiger partial charge in [0.2, 0.25) is 5.91 Å². The van der Waals surface area contributed by atoms with Crippen molar-refractivity contribution in [2.75, 3.05) is 13.1 Å². The number of aromatic nitrogens is 1. The quantitative estimate of drug-likeness (QED) is 0.759. The van der Waals surface area contributed by atoms with Gasteiger partial charge in [-0.05, 0) is 23.6 Å². The number of nitrogens with one attached hydrogen (secondary N) is 1. The van der Waals surface area contributed by atoms with Gasteiger partial charge < -0.3 is 10.2 Å². The highest BCUT2D eigenvalue weighted by Crippen LogP contribution is 2.33. The lowest BCUT2D eigenvalue weighted by atomic mass is 9.95. The summed E-state index contributed by atoms with van der Waals surface area (Å²) in [7, 11) is 0. The Morgan fingerprint density at radius 2 is 1.90 bits per heavy atom. The third-order valence-electron chi connectivity index (χ3n) is 5.55. The molecule has 1 unspecified atom stereocenters. The molecule has 0 radical (unpaired) electrons. The molecule has 0 saturated carbocycles. The smallest absolute Gasteiger partial charge is 0.267 e. The molecule has 0 aliphatic carbocycles. The average Bonchev–Trinajstić information content (AvgIpc) is 3.05. The molecule has 2 heterocycles. The van der Waals surface area contributed by atoms with Crippen molar-refractivity contribution in [3.63, 3.8) is 0 Å². The van der Waals surface area contributed by atoms with Gasteiger partial charge in [-0.15, -0.1) is 0 Å². The van der Waals surface area contributed by atoms with Gasteiger partial charge in [-0.25, -0.2) is 8.78 Å². The normalized spacial score (nSPS) is 18.1. The lowest BCUT2D eigenvalue weighted by Gasteiger charge is -2.24. The van der Waals surface area contributed by atoms with Crippen molar-refractivity contribution in [1.82, 2.24) is 15.2 Å². The second-order valence-corrected chi connectivity index (χ2v) is 8.59. The van der Waals surface area contributed by atoms with E-state index in [9.17, 15) is 23.2 Å². The first kappa shape index (κ1) is 22.8. The van der Waals surface area contributed by atoms with Gasteiger partial charge in [0.25, 0.3) is 11.8 Å². The molecule has 6 nitrogen and oxygen atoms in total. The highest BCUT2D eigenvalue weighted by Gasteiger charge is 2.49. The van der Waals surface area contributed by atoms with Gasteiger partial charge in [0.15, 0.2) is 5.78 Å². The number of pyridine rings is 1. The summed E-state index contributed by atoms with van der Waals surface area (Å²) in [6, 6.07) is 6.00. The molecule has 31 heavy (non-hydrogen) atoms. The number of benzene rings is 1. The lowest BCUT2D eigenvalue weighted by Crippen LogP contribution is -2.46. The lowest BCUT2D eigenvalue weighted by molar-refractivity contribution is -0.138. The summed E-state index contributed by atoms with van der Waals surface area (Å²) in [5, 5.41) is 3.24. The number of fused-ring (bicyclic) bond motifs is 1. The van der Waals surface area contributed by atoms with Crippen LogP contribution in [-0.4, -0.2) is 52.5 Å². The predicted octanol–water partition coefficient (Wildman–Crippen LogP) is 3.55. The van der Waals surface area contributed by atoms with Crippen LogP contribution in [0.3, 0.4) is 0 Å². The molecular weight excluding hydrogens is 404 g/mol. The fraction of sp³-hybridized carbons (Fsp3) is 0.478. The Balaban J connectivity index is 1.79. The molecule has 1 aliphatic heterocycles. The third kappa shape index (κ3) is 4.73. The Bertz CT molecular complexity index is 1020. The maximum Gasteiger partial charge on any atom is 0.267 e. The third-order valence-corrected chi connectivity index (χ3v) is 5.55. The van der Waals surface area contributed by atoms with Crippen LogP contribution >= 0.6 is 0 Å². The van der Waals surface area contributed by atoms with E-state index in [0.717, 1.165) is 10.5 Å². The number of carbonyl (C=O) groups is 3. The van der Waals surface area contributed by atoms with E-state index in [1.807, 2.05) is 26.0 Å². The highest BCUT2D eigenvalue weighted by atomic mass is 19.3. The van der Waals surface area contributed by atoms with E-state index in [4.69, 9.17) is 0 Å². The molecule has 1 N–H and O–H groups in total. The molecule has 166 valence electrons. The van der Waals surface area contributed by atoms with Gasteiger partial charge in [0.1, 0.15) is 0 Å². The van der Waals surface area contributed by atoms with Crippen LogP contribution in [0.5, 0.6) is 0 Å². The van der Waals surface area contributed by atoms with Crippen LogP contribution in [-0.2, 0) is 9.59 Å². The van der Waals surface area contributed by atoms with Crippen molar-refractivity contribution in [2.45, 2.75) is 52.0 Å². The molecule has 2 aromatic rings. The number of alkyl halides is 2. The zero-order chi connectivity index (χ0) is 22.9. The van der Waals surface area contributed by atoms with E-state index in [1.165, 1.54) is 6.20 Å². The van der Waals surface area contributed by atoms with Gasteiger partial charge in [0.05, 0.1) is 30.2 Å². The summed E-state index contributed by atoms with van der Waals surface area (Å²) in [4.78, 5) is 43.1. The number of amides is 2. The SMILES string of the molecule is CC(C)C(=O)C1CC(F)(F)CN1C(=O)CNC(=O)c1ccnc2cccc(C(C)C)c12. The molecule has 3 rings (SSSR count). The second kappa shape index (κ2) is 8.69. The van der Waals surface area contributed by atoms with Crippen LogP contribution in [0.2, 0.25) is 0 Å². The zero-order valence-electron chi connectivity index (χ0n) is 18.1. The van der Waals surface area contributed by atoms with E-state index >= 15 is 0 Å². The van der Waals surface area contributed by atoms with E-state index < -0.39 is 55.0 Å². The zero-order valence-corrected chi connectivity index (χ0v) is 18.1. The summed E-state index contributed by atoms with van der Waals surface area (Å²) >= 11 is 0. The first-order chi connectivity index (χ1) is 14.5. The largest absolute Gasteiger partial charge is 0.343 e. The number of nitrogens with zero attached hydrogens (tertiary/aromatic N) is 2. The molecule has 1 aliphatic rings. The number of likely N-dealkylation sites (tertiary alicyclic amines) is 1. The Labute approximate surface area is 180 Å². The van der Waals surface area contributed by atoms with Gasteiger partial charge in [-0.2, -0.15) is 0 Å². The van der Waals surface area contributed by atoms with Crippen molar-refractivity contribution >= 4 is 28.5 Å². The molecule has 0 bridgehead atoms. The summed E-state index contributed by atoms with van der Waals surface area (Å²) in [5.41, 5.74) is 1.97. The Morgan fingerprint density at radius 1 is 1.19 bits per heavy atom. The minimum Gasteiger partial charge on any atom is -0.343 e. The first-order valence-corrected chi connectivity index (χ1v) is 10.4. The molecule has 2 amide bonds. The molecule has 1 atom stereocenters. The van der Waals surface area contributed by atoms with Gasteiger partial charge >= 0.3 is 0 Å². The van der Waals surface area contributed by atoms with Crippen molar-refractivity contribution in [2.24, 2.45) is 5.92 Å². The number of Topliss-reactive ketones (excluding diaryl/α,β-unsaturated/α-hetero) is 1. The number of rotatable bonds is 6. The van der Waals surface area contributed by atoms with Gasteiger partial charge in [-0.1, -0.05) is 39.8 Å². The fourth-order valence-corrected chi connectivity index (χ4v) is 3.97. The van der Waals surface area contributed by atoms with Crippen LogP contribution in [0.15, 0.2) is 30.5 Å². The number of hydrogen-bond donors (Lipinski definition) is 1.